The number of aliphatic hydroxyl groups excluding tert-OH is 1. The zero-order valence-electron chi connectivity index (χ0n) is 10.0. The smallest absolute Gasteiger partial charge is 0.0963 e. The van der Waals surface area contributed by atoms with Crippen molar-refractivity contribution in [2.24, 2.45) is 0 Å². The van der Waals surface area contributed by atoms with Crippen molar-refractivity contribution < 1.29 is 5.11 Å². The summed E-state index contributed by atoms with van der Waals surface area (Å²) >= 11 is 0. The number of hydrogen-bond acceptors (Lipinski definition) is 2. The molecule has 0 saturated heterocycles. The topological polar surface area (TPSA) is 33.1 Å². The zero-order valence-corrected chi connectivity index (χ0v) is 10.0. The van der Waals surface area contributed by atoms with Crippen molar-refractivity contribution >= 4 is 0 Å². The molecule has 0 radical (unpaired) electrons. The quantitative estimate of drug-likeness (QED) is 0.870. The number of aromatic nitrogens is 1. The van der Waals surface area contributed by atoms with E-state index >= 15 is 0 Å². The summed E-state index contributed by atoms with van der Waals surface area (Å²) in [6.45, 7) is 2.01. The Kier molecular flexibility index (Phi) is 3.89. The largest absolute Gasteiger partial charge is 0.387 e. The monoisotopic (exact) mass is 227 g/mol. The predicted molar refractivity (Wildman–Crippen MR) is 68.7 cm³/mol. The Morgan fingerprint density at radius 1 is 1.18 bits per heavy atom. The molecule has 2 rings (SSSR count). The fourth-order valence-corrected chi connectivity index (χ4v) is 1.84. The van der Waals surface area contributed by atoms with Gasteiger partial charge in [0, 0.05) is 6.20 Å². The molecule has 0 saturated carbocycles. The lowest BCUT2D eigenvalue weighted by Crippen LogP contribution is -2.02. The van der Waals surface area contributed by atoms with Gasteiger partial charge in [-0.05, 0) is 43.0 Å². The highest BCUT2D eigenvalue weighted by Gasteiger charge is 2.08. The zero-order chi connectivity index (χ0) is 12.1. The van der Waals surface area contributed by atoms with Crippen LogP contribution in [0.25, 0.3) is 0 Å². The number of pyridine rings is 1. The Labute approximate surface area is 102 Å². The molecule has 1 N–H and O–H groups in total. The normalized spacial score (nSPS) is 12.4. The summed E-state index contributed by atoms with van der Waals surface area (Å²) in [6.07, 6.45) is 2.85. The first-order valence-corrected chi connectivity index (χ1v) is 5.90. The number of aryl methyl sites for hydroxylation is 2. The Hall–Kier alpha value is -1.67. The molecule has 0 aliphatic carbocycles. The average molecular weight is 227 g/mol. The molecule has 0 aliphatic rings. The third-order valence-electron chi connectivity index (χ3n) is 2.83. The summed E-state index contributed by atoms with van der Waals surface area (Å²) < 4.78 is 0. The molecule has 1 aromatic heterocycles. The number of nitrogens with zero attached hydrogens (tertiary/aromatic N) is 1. The predicted octanol–water partition coefficient (Wildman–Crippen LogP) is 3.06. The van der Waals surface area contributed by atoms with Crippen LogP contribution in [0.4, 0.5) is 0 Å². The molecule has 2 aromatic rings. The highest BCUT2D eigenvalue weighted by molar-refractivity contribution is 5.18. The van der Waals surface area contributed by atoms with E-state index in [1.165, 1.54) is 5.56 Å². The van der Waals surface area contributed by atoms with E-state index in [1.54, 1.807) is 6.20 Å². The Bertz CT molecular complexity index is 467. The maximum absolute atomic E-state index is 10.0. The standard InChI is InChI=1S/C15H17NO/c1-12-9-10-16-14(11-12)15(17)8-7-13-5-3-2-4-6-13/h2-6,9-11,15,17H,7-8H2,1H3. The minimum absolute atomic E-state index is 0.477. The third kappa shape index (κ3) is 3.40. The number of aliphatic hydroxyl groups is 1. The van der Waals surface area contributed by atoms with Gasteiger partial charge < -0.3 is 5.11 Å². The molecule has 0 spiro atoms. The van der Waals surface area contributed by atoms with Crippen molar-refractivity contribution in [3.63, 3.8) is 0 Å². The lowest BCUT2D eigenvalue weighted by Gasteiger charge is -2.10. The molecule has 2 heteroatoms. The number of rotatable bonds is 4. The summed E-state index contributed by atoms with van der Waals surface area (Å²) in [7, 11) is 0. The number of benzene rings is 1. The van der Waals surface area contributed by atoms with Crippen molar-refractivity contribution in [3.05, 3.63) is 65.5 Å². The highest BCUT2D eigenvalue weighted by atomic mass is 16.3. The first kappa shape index (κ1) is 11.8. The molecule has 2 nitrogen and oxygen atoms in total. The van der Waals surface area contributed by atoms with Crippen molar-refractivity contribution in [2.45, 2.75) is 25.9 Å². The first-order chi connectivity index (χ1) is 8.25. The Morgan fingerprint density at radius 3 is 2.65 bits per heavy atom. The molecule has 0 amide bonds. The summed E-state index contributed by atoms with van der Waals surface area (Å²) in [5, 5.41) is 10.0. The molecular weight excluding hydrogens is 210 g/mol. The molecule has 0 fully saturated rings. The fourth-order valence-electron chi connectivity index (χ4n) is 1.84. The lowest BCUT2D eigenvalue weighted by molar-refractivity contribution is 0.163. The first-order valence-electron chi connectivity index (χ1n) is 5.90. The fraction of sp³-hybridized carbons (Fsp3) is 0.267. The van der Waals surface area contributed by atoms with Gasteiger partial charge in [0.1, 0.15) is 0 Å². The van der Waals surface area contributed by atoms with Crippen molar-refractivity contribution in [1.29, 1.82) is 0 Å². The van der Waals surface area contributed by atoms with Crippen LogP contribution in [0.1, 0.15) is 29.3 Å². The SMILES string of the molecule is Cc1ccnc(C(O)CCc2ccccc2)c1. The summed E-state index contributed by atoms with van der Waals surface area (Å²) in [4.78, 5) is 4.20. The van der Waals surface area contributed by atoms with Gasteiger partial charge in [-0.15, -0.1) is 0 Å². The van der Waals surface area contributed by atoms with Crippen molar-refractivity contribution in [2.75, 3.05) is 0 Å². The third-order valence-corrected chi connectivity index (χ3v) is 2.83. The van der Waals surface area contributed by atoms with Crippen LogP contribution in [-0.4, -0.2) is 10.1 Å². The van der Waals surface area contributed by atoms with Crippen LogP contribution in [0.2, 0.25) is 0 Å². The van der Waals surface area contributed by atoms with E-state index in [1.807, 2.05) is 37.3 Å². The molecule has 0 bridgehead atoms. The van der Waals surface area contributed by atoms with Crippen LogP contribution >= 0.6 is 0 Å². The molecule has 1 unspecified atom stereocenters. The van der Waals surface area contributed by atoms with Crippen molar-refractivity contribution in [3.8, 4) is 0 Å². The summed E-state index contributed by atoms with van der Waals surface area (Å²) in [6, 6.07) is 14.1. The second kappa shape index (κ2) is 5.60. The van der Waals surface area contributed by atoms with Crippen LogP contribution in [0, 0.1) is 6.92 Å². The lowest BCUT2D eigenvalue weighted by atomic mass is 10.0. The second-order valence-electron chi connectivity index (χ2n) is 4.30. The number of hydrogen-bond donors (Lipinski definition) is 1. The van der Waals surface area contributed by atoms with Crippen molar-refractivity contribution in [1.82, 2.24) is 4.98 Å². The van der Waals surface area contributed by atoms with Gasteiger partial charge in [0.2, 0.25) is 0 Å². The minimum Gasteiger partial charge on any atom is -0.387 e. The van der Waals surface area contributed by atoms with Gasteiger partial charge in [-0.2, -0.15) is 0 Å². The minimum atomic E-state index is -0.477. The van der Waals surface area contributed by atoms with Gasteiger partial charge in [-0.1, -0.05) is 30.3 Å². The highest BCUT2D eigenvalue weighted by Crippen LogP contribution is 2.17. The van der Waals surface area contributed by atoms with Crippen LogP contribution in [0.3, 0.4) is 0 Å². The van der Waals surface area contributed by atoms with Gasteiger partial charge in [-0.25, -0.2) is 0 Å². The van der Waals surface area contributed by atoms with E-state index in [4.69, 9.17) is 0 Å². The second-order valence-corrected chi connectivity index (χ2v) is 4.30. The van der Waals surface area contributed by atoms with E-state index in [0.29, 0.717) is 6.42 Å². The van der Waals surface area contributed by atoms with E-state index < -0.39 is 6.10 Å². The average Bonchev–Trinajstić information content (AvgIpc) is 2.37. The van der Waals surface area contributed by atoms with Gasteiger partial charge in [-0.3, -0.25) is 4.98 Å². The molecular formula is C15H17NO. The molecule has 88 valence electrons. The van der Waals surface area contributed by atoms with E-state index in [-0.39, 0.29) is 0 Å². The summed E-state index contributed by atoms with van der Waals surface area (Å²) in [5.74, 6) is 0. The Balaban J connectivity index is 1.96. The van der Waals surface area contributed by atoms with Crippen LogP contribution in [0.5, 0.6) is 0 Å². The van der Waals surface area contributed by atoms with Gasteiger partial charge in [0.15, 0.2) is 0 Å². The van der Waals surface area contributed by atoms with E-state index in [9.17, 15) is 5.11 Å². The van der Waals surface area contributed by atoms with Gasteiger partial charge >= 0.3 is 0 Å². The molecule has 1 aromatic carbocycles. The van der Waals surface area contributed by atoms with E-state index in [2.05, 4.69) is 17.1 Å². The molecule has 0 aliphatic heterocycles. The Morgan fingerprint density at radius 2 is 1.94 bits per heavy atom. The van der Waals surface area contributed by atoms with Crippen LogP contribution in [0.15, 0.2) is 48.7 Å². The van der Waals surface area contributed by atoms with Crippen LogP contribution < -0.4 is 0 Å². The van der Waals surface area contributed by atoms with Gasteiger partial charge in [0.05, 0.1) is 11.8 Å². The maximum Gasteiger partial charge on any atom is 0.0963 e. The summed E-state index contributed by atoms with van der Waals surface area (Å²) in [5.41, 5.74) is 3.15. The van der Waals surface area contributed by atoms with E-state index in [0.717, 1.165) is 17.7 Å². The molecule has 1 heterocycles. The van der Waals surface area contributed by atoms with Gasteiger partial charge in [0.25, 0.3) is 0 Å². The van der Waals surface area contributed by atoms with Crippen LogP contribution in [-0.2, 0) is 6.42 Å². The maximum atomic E-state index is 10.0. The molecule has 17 heavy (non-hydrogen) atoms. The molecule has 1 atom stereocenters.